The fraction of sp³-hybridized carbons (Fsp3) is 0.538. The number of benzene rings is 1. The molecule has 0 heterocycles. The summed E-state index contributed by atoms with van der Waals surface area (Å²) in [6.07, 6.45) is 3.99. The van der Waals surface area contributed by atoms with E-state index >= 15 is 0 Å². The van der Waals surface area contributed by atoms with Gasteiger partial charge in [-0.25, -0.2) is 4.39 Å². The standard InChI is InChI=1S/C13H19FO/c1-3-4-5-10-13(2,15)11-6-8-12(14)9-7-11/h6-9,15H,3-5,10H2,1-2H3. The summed E-state index contributed by atoms with van der Waals surface area (Å²) in [5.41, 5.74) is -0.0388. The molecular weight excluding hydrogens is 191 g/mol. The van der Waals surface area contributed by atoms with Crippen molar-refractivity contribution in [1.82, 2.24) is 0 Å². The molecule has 0 saturated carbocycles. The second-order valence-corrected chi connectivity index (χ2v) is 4.24. The first-order valence-corrected chi connectivity index (χ1v) is 5.54. The van der Waals surface area contributed by atoms with Gasteiger partial charge in [-0.3, -0.25) is 0 Å². The van der Waals surface area contributed by atoms with Crippen molar-refractivity contribution in [1.29, 1.82) is 0 Å². The third kappa shape index (κ3) is 3.63. The Balaban J connectivity index is 2.63. The summed E-state index contributed by atoms with van der Waals surface area (Å²) in [7, 11) is 0. The van der Waals surface area contributed by atoms with Crippen molar-refractivity contribution in [3.63, 3.8) is 0 Å². The van der Waals surface area contributed by atoms with Crippen molar-refractivity contribution in [2.75, 3.05) is 0 Å². The smallest absolute Gasteiger partial charge is 0.123 e. The van der Waals surface area contributed by atoms with E-state index < -0.39 is 5.60 Å². The van der Waals surface area contributed by atoms with Crippen LogP contribution in [0.2, 0.25) is 0 Å². The van der Waals surface area contributed by atoms with Gasteiger partial charge in [-0.15, -0.1) is 0 Å². The molecule has 0 bridgehead atoms. The third-order valence-electron chi connectivity index (χ3n) is 2.73. The first-order chi connectivity index (χ1) is 7.06. The second-order valence-electron chi connectivity index (χ2n) is 4.24. The van der Waals surface area contributed by atoms with E-state index in [9.17, 15) is 9.50 Å². The van der Waals surface area contributed by atoms with Crippen LogP contribution in [0, 0.1) is 5.82 Å². The lowest BCUT2D eigenvalue weighted by atomic mass is 9.90. The van der Waals surface area contributed by atoms with Crippen LogP contribution in [0.5, 0.6) is 0 Å². The average molecular weight is 210 g/mol. The Morgan fingerprint density at radius 2 is 1.80 bits per heavy atom. The van der Waals surface area contributed by atoms with Crippen molar-refractivity contribution < 1.29 is 9.50 Å². The first-order valence-electron chi connectivity index (χ1n) is 5.54. The van der Waals surface area contributed by atoms with Gasteiger partial charge in [-0.1, -0.05) is 38.3 Å². The summed E-state index contributed by atoms with van der Waals surface area (Å²) >= 11 is 0. The lowest BCUT2D eigenvalue weighted by molar-refractivity contribution is 0.0449. The molecule has 0 amide bonds. The van der Waals surface area contributed by atoms with Crippen LogP contribution in [0.15, 0.2) is 24.3 Å². The van der Waals surface area contributed by atoms with Gasteiger partial charge in [0.05, 0.1) is 5.60 Å². The van der Waals surface area contributed by atoms with E-state index in [1.165, 1.54) is 12.1 Å². The molecule has 1 nitrogen and oxygen atoms in total. The molecule has 0 aliphatic rings. The largest absolute Gasteiger partial charge is 0.385 e. The van der Waals surface area contributed by atoms with E-state index in [4.69, 9.17) is 0 Å². The predicted molar refractivity (Wildman–Crippen MR) is 60.1 cm³/mol. The topological polar surface area (TPSA) is 20.2 Å². The van der Waals surface area contributed by atoms with Gasteiger partial charge in [0.25, 0.3) is 0 Å². The first kappa shape index (κ1) is 12.2. The van der Waals surface area contributed by atoms with Crippen LogP contribution >= 0.6 is 0 Å². The minimum Gasteiger partial charge on any atom is -0.385 e. The molecule has 2 heteroatoms. The molecule has 1 atom stereocenters. The van der Waals surface area contributed by atoms with E-state index in [-0.39, 0.29) is 5.82 Å². The molecule has 1 N–H and O–H groups in total. The van der Waals surface area contributed by atoms with Crippen LogP contribution in [-0.2, 0) is 5.60 Å². The van der Waals surface area contributed by atoms with Gasteiger partial charge in [0, 0.05) is 0 Å². The highest BCUT2D eigenvalue weighted by atomic mass is 19.1. The van der Waals surface area contributed by atoms with E-state index in [1.807, 2.05) is 0 Å². The van der Waals surface area contributed by atoms with Crippen molar-refractivity contribution >= 4 is 0 Å². The Morgan fingerprint density at radius 1 is 1.20 bits per heavy atom. The SMILES string of the molecule is CCCCCC(C)(O)c1ccc(F)cc1. The summed E-state index contributed by atoms with van der Waals surface area (Å²) < 4.78 is 12.7. The van der Waals surface area contributed by atoms with Crippen molar-refractivity contribution in [3.8, 4) is 0 Å². The maximum Gasteiger partial charge on any atom is 0.123 e. The molecule has 0 spiro atoms. The maximum absolute atomic E-state index is 12.7. The highest BCUT2D eigenvalue weighted by Crippen LogP contribution is 2.26. The highest BCUT2D eigenvalue weighted by Gasteiger charge is 2.21. The van der Waals surface area contributed by atoms with Crippen LogP contribution < -0.4 is 0 Å². The van der Waals surface area contributed by atoms with Crippen LogP contribution in [-0.4, -0.2) is 5.11 Å². The van der Waals surface area contributed by atoms with E-state index in [2.05, 4.69) is 6.92 Å². The van der Waals surface area contributed by atoms with Gasteiger partial charge in [0.1, 0.15) is 5.82 Å². The molecule has 84 valence electrons. The molecule has 1 aromatic rings. The molecule has 1 rings (SSSR count). The van der Waals surface area contributed by atoms with Gasteiger partial charge >= 0.3 is 0 Å². The third-order valence-corrected chi connectivity index (χ3v) is 2.73. The average Bonchev–Trinajstić information content (AvgIpc) is 2.18. The fourth-order valence-electron chi connectivity index (χ4n) is 1.67. The Morgan fingerprint density at radius 3 is 2.33 bits per heavy atom. The van der Waals surface area contributed by atoms with Crippen LogP contribution in [0.1, 0.15) is 45.1 Å². The lowest BCUT2D eigenvalue weighted by Gasteiger charge is -2.23. The molecule has 0 saturated heterocycles. The summed E-state index contributed by atoms with van der Waals surface area (Å²) in [5.74, 6) is -0.261. The molecule has 0 fully saturated rings. The zero-order valence-corrected chi connectivity index (χ0v) is 9.46. The summed E-state index contributed by atoms with van der Waals surface area (Å²) in [6, 6.07) is 6.09. The molecule has 0 aromatic heterocycles. The second kappa shape index (κ2) is 5.26. The number of aliphatic hydroxyl groups is 1. The van der Waals surface area contributed by atoms with Crippen molar-refractivity contribution in [2.24, 2.45) is 0 Å². The van der Waals surface area contributed by atoms with Gasteiger partial charge < -0.3 is 5.11 Å². The van der Waals surface area contributed by atoms with E-state index in [0.29, 0.717) is 0 Å². The highest BCUT2D eigenvalue weighted by molar-refractivity contribution is 5.22. The minimum absolute atomic E-state index is 0.261. The Bertz CT molecular complexity index is 290. The number of hydrogen-bond acceptors (Lipinski definition) is 1. The molecular formula is C13H19FO. The van der Waals surface area contributed by atoms with Crippen molar-refractivity contribution in [3.05, 3.63) is 35.6 Å². The molecule has 1 unspecified atom stereocenters. The Hall–Kier alpha value is -0.890. The normalized spacial score (nSPS) is 14.9. The zero-order valence-electron chi connectivity index (χ0n) is 9.46. The molecule has 0 aliphatic carbocycles. The predicted octanol–water partition coefficient (Wildman–Crippen LogP) is 3.61. The molecule has 1 aromatic carbocycles. The van der Waals surface area contributed by atoms with Gasteiger partial charge in [-0.2, -0.15) is 0 Å². The molecule has 0 aliphatic heterocycles. The quantitative estimate of drug-likeness (QED) is 0.736. The monoisotopic (exact) mass is 210 g/mol. The van der Waals surface area contributed by atoms with Gasteiger partial charge in [-0.05, 0) is 31.0 Å². The summed E-state index contributed by atoms with van der Waals surface area (Å²) in [4.78, 5) is 0. The molecule has 15 heavy (non-hydrogen) atoms. The number of unbranched alkanes of at least 4 members (excludes halogenated alkanes) is 2. The van der Waals surface area contributed by atoms with Gasteiger partial charge in [0.15, 0.2) is 0 Å². The van der Waals surface area contributed by atoms with Gasteiger partial charge in [0.2, 0.25) is 0 Å². The maximum atomic E-state index is 12.7. The summed E-state index contributed by atoms with van der Waals surface area (Å²) in [5, 5.41) is 10.2. The van der Waals surface area contributed by atoms with Crippen LogP contribution in [0.4, 0.5) is 4.39 Å². The number of rotatable bonds is 5. The van der Waals surface area contributed by atoms with Crippen molar-refractivity contribution in [2.45, 2.75) is 45.1 Å². The Kier molecular flexibility index (Phi) is 4.28. The van der Waals surface area contributed by atoms with Crippen LogP contribution in [0.25, 0.3) is 0 Å². The fourth-order valence-corrected chi connectivity index (χ4v) is 1.67. The van der Waals surface area contributed by atoms with Crippen LogP contribution in [0.3, 0.4) is 0 Å². The zero-order chi connectivity index (χ0) is 11.3. The van der Waals surface area contributed by atoms with E-state index in [0.717, 1.165) is 31.2 Å². The number of hydrogen-bond donors (Lipinski definition) is 1. The number of halogens is 1. The lowest BCUT2D eigenvalue weighted by Crippen LogP contribution is -2.20. The van der Waals surface area contributed by atoms with E-state index in [1.54, 1.807) is 19.1 Å². The molecule has 0 radical (unpaired) electrons. The Labute approximate surface area is 90.9 Å². The summed E-state index contributed by atoms with van der Waals surface area (Å²) in [6.45, 7) is 3.92. The minimum atomic E-state index is -0.830.